The zero-order chi connectivity index (χ0) is 22.6. The van der Waals surface area contributed by atoms with Gasteiger partial charge in [0.05, 0.1) is 17.0 Å². The lowest BCUT2D eigenvalue weighted by atomic mass is 9.99. The Hall–Kier alpha value is -4.62. The summed E-state index contributed by atoms with van der Waals surface area (Å²) >= 11 is 0. The van der Waals surface area contributed by atoms with Crippen molar-refractivity contribution in [1.82, 2.24) is 9.97 Å². The molecule has 5 rings (SSSR count). The molecule has 0 atom stereocenters. The molecule has 0 fully saturated rings. The normalized spacial score (nSPS) is 10.5. The lowest BCUT2D eigenvalue weighted by Gasteiger charge is -2.13. The summed E-state index contributed by atoms with van der Waals surface area (Å²) in [6, 6.07) is 35.9. The molecule has 0 aliphatic rings. The van der Waals surface area contributed by atoms with Crippen LogP contribution >= 0.6 is 0 Å². The Bertz CT molecular complexity index is 1400. The number of aromatic nitrogens is 2. The molecule has 0 aliphatic carbocycles. The third-order valence-corrected chi connectivity index (χ3v) is 5.43. The Labute approximate surface area is 191 Å². The Morgan fingerprint density at radius 1 is 0.576 bits per heavy atom. The molecule has 0 bridgehead atoms. The van der Waals surface area contributed by atoms with Crippen molar-refractivity contribution in [1.29, 1.82) is 5.26 Å². The number of nitrogens with zero attached hydrogens (tertiary/aromatic N) is 3. The zero-order valence-corrected chi connectivity index (χ0v) is 17.6. The molecule has 3 nitrogen and oxygen atoms in total. The fourth-order valence-corrected chi connectivity index (χ4v) is 3.80. The summed E-state index contributed by atoms with van der Waals surface area (Å²) in [6.07, 6.45) is 0. The summed E-state index contributed by atoms with van der Waals surface area (Å²) in [5.74, 6) is -0.181. The second kappa shape index (κ2) is 8.86. The van der Waals surface area contributed by atoms with Crippen LogP contribution < -0.4 is 0 Å². The van der Waals surface area contributed by atoms with Crippen LogP contribution in [-0.4, -0.2) is 9.97 Å². The number of nitriles is 1. The van der Waals surface area contributed by atoms with Crippen molar-refractivity contribution in [2.45, 2.75) is 0 Å². The zero-order valence-electron chi connectivity index (χ0n) is 17.6. The van der Waals surface area contributed by atoms with Gasteiger partial charge in [0, 0.05) is 11.1 Å². The van der Waals surface area contributed by atoms with E-state index in [4.69, 9.17) is 9.97 Å². The van der Waals surface area contributed by atoms with Crippen LogP contribution in [-0.2, 0) is 0 Å². The Morgan fingerprint density at radius 2 is 1.06 bits per heavy atom. The van der Waals surface area contributed by atoms with Crippen LogP contribution in [0.5, 0.6) is 0 Å². The largest absolute Gasteiger partial charge is 0.226 e. The minimum atomic E-state index is -0.419. The molecule has 0 N–H and O–H groups in total. The molecule has 0 spiro atoms. The minimum absolute atomic E-state index is 0.238. The predicted molar refractivity (Wildman–Crippen MR) is 128 cm³/mol. The van der Waals surface area contributed by atoms with Crippen LogP contribution in [0.25, 0.3) is 45.0 Å². The van der Waals surface area contributed by atoms with E-state index in [1.807, 2.05) is 91.0 Å². The monoisotopic (exact) mass is 427 g/mol. The van der Waals surface area contributed by atoms with Crippen molar-refractivity contribution in [2.24, 2.45) is 0 Å². The number of benzene rings is 4. The van der Waals surface area contributed by atoms with Crippen molar-refractivity contribution in [2.75, 3.05) is 0 Å². The maximum Gasteiger partial charge on any atom is 0.163 e. The fourth-order valence-electron chi connectivity index (χ4n) is 3.80. The average molecular weight is 427 g/mol. The van der Waals surface area contributed by atoms with Crippen LogP contribution in [0.2, 0.25) is 0 Å². The molecule has 0 saturated carbocycles. The van der Waals surface area contributed by atoms with E-state index in [1.165, 1.54) is 6.07 Å². The topological polar surface area (TPSA) is 49.6 Å². The highest BCUT2D eigenvalue weighted by Crippen LogP contribution is 2.34. The van der Waals surface area contributed by atoms with Gasteiger partial charge in [0.2, 0.25) is 0 Å². The molecule has 156 valence electrons. The van der Waals surface area contributed by atoms with E-state index >= 15 is 4.39 Å². The van der Waals surface area contributed by atoms with E-state index in [0.717, 1.165) is 22.3 Å². The Balaban J connectivity index is 1.78. The van der Waals surface area contributed by atoms with Gasteiger partial charge in [-0.25, -0.2) is 14.4 Å². The van der Waals surface area contributed by atoms with E-state index in [1.54, 1.807) is 12.1 Å². The second-order valence-corrected chi connectivity index (χ2v) is 7.52. The van der Waals surface area contributed by atoms with E-state index in [-0.39, 0.29) is 11.4 Å². The van der Waals surface area contributed by atoms with E-state index in [2.05, 4.69) is 6.07 Å². The molecule has 33 heavy (non-hydrogen) atoms. The molecule has 1 aromatic heterocycles. The first kappa shape index (κ1) is 20.3. The molecule has 0 radical (unpaired) electrons. The molecule has 5 aromatic rings. The third-order valence-electron chi connectivity index (χ3n) is 5.43. The summed E-state index contributed by atoms with van der Waals surface area (Å²) < 4.78 is 15.1. The lowest BCUT2D eigenvalue weighted by Crippen LogP contribution is -2.02. The van der Waals surface area contributed by atoms with Gasteiger partial charge < -0.3 is 0 Å². The number of hydrogen-bond acceptors (Lipinski definition) is 3. The molecule has 0 unspecified atom stereocenters. The molecule has 4 aromatic carbocycles. The summed E-state index contributed by atoms with van der Waals surface area (Å²) in [4.78, 5) is 9.38. The van der Waals surface area contributed by atoms with Crippen LogP contribution in [0.1, 0.15) is 5.56 Å². The average Bonchev–Trinajstić information content (AvgIpc) is 2.89. The first-order chi connectivity index (χ1) is 16.2. The van der Waals surface area contributed by atoms with E-state index < -0.39 is 5.82 Å². The fraction of sp³-hybridized carbons (Fsp3) is 0. The summed E-state index contributed by atoms with van der Waals surface area (Å²) in [6.45, 7) is 0. The van der Waals surface area contributed by atoms with Gasteiger partial charge in [0.1, 0.15) is 17.4 Å². The summed E-state index contributed by atoms with van der Waals surface area (Å²) in [5, 5.41) is 10.0. The standard InChI is InChI=1S/C29H18FN3/c30-26-17-16-23(20-10-4-1-5-11-20)18-24(26)29-32-27(21-12-6-2-7-13-21)25(19-31)28(33-29)22-14-8-3-9-15-22/h1-18H. The molecule has 1 heterocycles. The summed E-state index contributed by atoms with van der Waals surface area (Å²) in [5.41, 5.74) is 4.98. The van der Waals surface area contributed by atoms with Crippen LogP contribution in [0.3, 0.4) is 0 Å². The van der Waals surface area contributed by atoms with Crippen molar-refractivity contribution >= 4 is 0 Å². The van der Waals surface area contributed by atoms with Gasteiger partial charge in [-0.05, 0) is 23.3 Å². The highest BCUT2D eigenvalue weighted by molar-refractivity contribution is 5.80. The molecular formula is C29H18FN3. The van der Waals surface area contributed by atoms with E-state index in [9.17, 15) is 5.26 Å². The van der Waals surface area contributed by atoms with Gasteiger partial charge in [0.15, 0.2) is 5.82 Å². The number of halogens is 1. The predicted octanol–water partition coefficient (Wildman–Crippen LogP) is 7.16. The van der Waals surface area contributed by atoms with Crippen molar-refractivity contribution < 1.29 is 4.39 Å². The van der Waals surface area contributed by atoms with Gasteiger partial charge in [-0.1, -0.05) is 97.1 Å². The second-order valence-electron chi connectivity index (χ2n) is 7.52. The quantitative estimate of drug-likeness (QED) is 0.306. The first-order valence-electron chi connectivity index (χ1n) is 10.5. The molecular weight excluding hydrogens is 409 g/mol. The number of rotatable bonds is 4. The first-order valence-corrected chi connectivity index (χ1v) is 10.5. The van der Waals surface area contributed by atoms with Crippen molar-refractivity contribution in [3.63, 3.8) is 0 Å². The highest BCUT2D eigenvalue weighted by atomic mass is 19.1. The minimum Gasteiger partial charge on any atom is -0.226 e. The maximum absolute atomic E-state index is 15.1. The lowest BCUT2D eigenvalue weighted by molar-refractivity contribution is 0.630. The van der Waals surface area contributed by atoms with E-state index in [0.29, 0.717) is 17.0 Å². The van der Waals surface area contributed by atoms with Gasteiger partial charge in [-0.2, -0.15) is 5.26 Å². The smallest absolute Gasteiger partial charge is 0.163 e. The van der Waals surface area contributed by atoms with Gasteiger partial charge >= 0.3 is 0 Å². The SMILES string of the molecule is N#Cc1c(-c2ccccc2)nc(-c2cc(-c3ccccc3)ccc2F)nc1-c1ccccc1. The molecule has 4 heteroatoms. The van der Waals surface area contributed by atoms with Gasteiger partial charge in [-0.15, -0.1) is 0 Å². The van der Waals surface area contributed by atoms with Crippen molar-refractivity contribution in [3.8, 4) is 51.1 Å². The number of hydrogen-bond donors (Lipinski definition) is 0. The van der Waals surface area contributed by atoms with Crippen LogP contribution in [0.15, 0.2) is 109 Å². The Morgan fingerprint density at radius 3 is 1.55 bits per heavy atom. The highest BCUT2D eigenvalue weighted by Gasteiger charge is 2.20. The third kappa shape index (κ3) is 4.00. The maximum atomic E-state index is 15.1. The molecule has 0 amide bonds. The van der Waals surface area contributed by atoms with Gasteiger partial charge in [0.25, 0.3) is 0 Å². The van der Waals surface area contributed by atoms with Crippen LogP contribution in [0, 0.1) is 17.1 Å². The summed E-state index contributed by atoms with van der Waals surface area (Å²) in [7, 11) is 0. The molecule has 0 saturated heterocycles. The van der Waals surface area contributed by atoms with Crippen LogP contribution in [0.4, 0.5) is 4.39 Å². The van der Waals surface area contributed by atoms with Gasteiger partial charge in [-0.3, -0.25) is 0 Å². The van der Waals surface area contributed by atoms with Crippen molar-refractivity contribution in [3.05, 3.63) is 121 Å². The Kier molecular flexibility index (Phi) is 5.45. The molecule has 0 aliphatic heterocycles.